The Hall–Kier alpha value is -1.75. The standard InChI is InChI=1S/C14H24N4O/c1-9(2)13(8-18(3)4)17-12-7-10(14(16)19)5-6-11(12)15/h5-7,9,13,17H,8,15H2,1-4H3,(H2,16,19). The van der Waals surface area contributed by atoms with Crippen molar-refractivity contribution in [1.82, 2.24) is 4.90 Å². The summed E-state index contributed by atoms with van der Waals surface area (Å²) in [6.45, 7) is 5.18. The van der Waals surface area contributed by atoms with Gasteiger partial charge in [-0.3, -0.25) is 4.79 Å². The molecule has 1 rings (SSSR count). The maximum absolute atomic E-state index is 11.2. The number of nitrogen functional groups attached to an aromatic ring is 1. The van der Waals surface area contributed by atoms with Crippen molar-refractivity contribution in [2.24, 2.45) is 11.7 Å². The highest BCUT2D eigenvalue weighted by atomic mass is 16.1. The normalized spacial score (nSPS) is 12.7. The fourth-order valence-corrected chi connectivity index (χ4v) is 1.85. The first-order valence-electron chi connectivity index (χ1n) is 6.42. The van der Waals surface area contributed by atoms with E-state index < -0.39 is 5.91 Å². The number of hydrogen-bond donors (Lipinski definition) is 3. The number of nitrogens with one attached hydrogen (secondary N) is 1. The molecule has 1 amide bonds. The van der Waals surface area contributed by atoms with Gasteiger partial charge in [0.05, 0.1) is 11.4 Å². The number of rotatable bonds is 6. The van der Waals surface area contributed by atoms with Crippen molar-refractivity contribution in [3.8, 4) is 0 Å². The molecule has 0 aliphatic heterocycles. The zero-order chi connectivity index (χ0) is 14.6. The molecule has 0 radical (unpaired) electrons. The lowest BCUT2D eigenvalue weighted by molar-refractivity contribution is 0.100. The summed E-state index contributed by atoms with van der Waals surface area (Å²) in [6.07, 6.45) is 0. The van der Waals surface area contributed by atoms with E-state index in [4.69, 9.17) is 11.5 Å². The number of nitrogens with zero attached hydrogens (tertiary/aromatic N) is 1. The highest BCUT2D eigenvalue weighted by molar-refractivity contribution is 5.94. The van der Waals surface area contributed by atoms with E-state index in [9.17, 15) is 4.79 Å². The van der Waals surface area contributed by atoms with Gasteiger partial charge in [-0.05, 0) is 38.2 Å². The van der Waals surface area contributed by atoms with Crippen molar-refractivity contribution >= 4 is 17.3 Å². The lowest BCUT2D eigenvalue weighted by atomic mass is 10.0. The number of anilines is 2. The van der Waals surface area contributed by atoms with E-state index in [-0.39, 0.29) is 6.04 Å². The topological polar surface area (TPSA) is 84.4 Å². The molecule has 0 spiro atoms. The Morgan fingerprint density at radius 3 is 2.47 bits per heavy atom. The number of carbonyl (C=O) groups excluding carboxylic acids is 1. The Morgan fingerprint density at radius 2 is 2.00 bits per heavy atom. The molecule has 5 N–H and O–H groups in total. The average molecular weight is 264 g/mol. The number of likely N-dealkylation sites (N-methyl/N-ethyl adjacent to an activating group) is 1. The van der Waals surface area contributed by atoms with Gasteiger partial charge in [-0.1, -0.05) is 13.8 Å². The number of hydrogen-bond acceptors (Lipinski definition) is 4. The second-order valence-electron chi connectivity index (χ2n) is 5.42. The second-order valence-corrected chi connectivity index (χ2v) is 5.42. The smallest absolute Gasteiger partial charge is 0.248 e. The molecule has 5 heteroatoms. The van der Waals surface area contributed by atoms with Gasteiger partial charge in [0.1, 0.15) is 0 Å². The van der Waals surface area contributed by atoms with Gasteiger partial charge in [-0.25, -0.2) is 0 Å². The summed E-state index contributed by atoms with van der Waals surface area (Å²) < 4.78 is 0. The van der Waals surface area contributed by atoms with Crippen LogP contribution in [-0.4, -0.2) is 37.5 Å². The highest BCUT2D eigenvalue weighted by Crippen LogP contribution is 2.22. The molecule has 0 heterocycles. The van der Waals surface area contributed by atoms with E-state index in [1.54, 1.807) is 18.2 Å². The van der Waals surface area contributed by atoms with Gasteiger partial charge in [-0.2, -0.15) is 0 Å². The van der Waals surface area contributed by atoms with Crippen LogP contribution in [-0.2, 0) is 0 Å². The van der Waals surface area contributed by atoms with Gasteiger partial charge in [0.15, 0.2) is 0 Å². The van der Waals surface area contributed by atoms with Gasteiger partial charge in [0, 0.05) is 18.2 Å². The van der Waals surface area contributed by atoms with Crippen LogP contribution in [0.3, 0.4) is 0 Å². The van der Waals surface area contributed by atoms with E-state index in [2.05, 4.69) is 24.1 Å². The number of amides is 1. The summed E-state index contributed by atoms with van der Waals surface area (Å²) in [5, 5.41) is 3.40. The van der Waals surface area contributed by atoms with Crippen LogP contribution < -0.4 is 16.8 Å². The van der Waals surface area contributed by atoms with Crippen molar-refractivity contribution in [3.05, 3.63) is 23.8 Å². The first-order chi connectivity index (χ1) is 8.81. The summed E-state index contributed by atoms with van der Waals surface area (Å²) in [5.74, 6) is -0.00390. The molecule has 0 aliphatic carbocycles. The molecule has 1 aromatic rings. The summed E-state index contributed by atoms with van der Waals surface area (Å²) in [7, 11) is 4.06. The van der Waals surface area contributed by atoms with Crippen LogP contribution in [0.2, 0.25) is 0 Å². The molecule has 0 saturated carbocycles. The molecule has 0 aliphatic rings. The second kappa shape index (κ2) is 6.43. The molecule has 0 saturated heterocycles. The van der Waals surface area contributed by atoms with E-state index in [0.29, 0.717) is 17.2 Å². The zero-order valence-electron chi connectivity index (χ0n) is 12.1. The number of carbonyl (C=O) groups is 1. The van der Waals surface area contributed by atoms with E-state index in [0.717, 1.165) is 12.2 Å². The third-order valence-electron chi connectivity index (χ3n) is 3.05. The molecular weight excluding hydrogens is 240 g/mol. The first-order valence-corrected chi connectivity index (χ1v) is 6.42. The molecule has 106 valence electrons. The Kier molecular flexibility index (Phi) is 5.18. The Bertz CT molecular complexity index is 443. The zero-order valence-corrected chi connectivity index (χ0v) is 12.1. The third kappa shape index (κ3) is 4.44. The van der Waals surface area contributed by atoms with Crippen LogP contribution >= 0.6 is 0 Å². The minimum Gasteiger partial charge on any atom is -0.397 e. The van der Waals surface area contributed by atoms with Crippen LogP contribution in [0.15, 0.2) is 18.2 Å². The minimum atomic E-state index is -0.447. The molecule has 0 bridgehead atoms. The molecule has 19 heavy (non-hydrogen) atoms. The van der Waals surface area contributed by atoms with Crippen molar-refractivity contribution in [3.63, 3.8) is 0 Å². The van der Waals surface area contributed by atoms with Crippen LogP contribution in [0.5, 0.6) is 0 Å². The van der Waals surface area contributed by atoms with E-state index in [1.807, 2.05) is 14.1 Å². The van der Waals surface area contributed by atoms with Crippen LogP contribution in [0, 0.1) is 5.92 Å². The van der Waals surface area contributed by atoms with E-state index >= 15 is 0 Å². The lowest BCUT2D eigenvalue weighted by Crippen LogP contribution is -2.36. The first kappa shape index (κ1) is 15.3. The van der Waals surface area contributed by atoms with Gasteiger partial charge in [0.25, 0.3) is 0 Å². The van der Waals surface area contributed by atoms with Crippen molar-refractivity contribution in [2.45, 2.75) is 19.9 Å². The predicted molar refractivity (Wildman–Crippen MR) is 80.2 cm³/mol. The van der Waals surface area contributed by atoms with Gasteiger partial charge in [0.2, 0.25) is 5.91 Å². The maximum Gasteiger partial charge on any atom is 0.248 e. The van der Waals surface area contributed by atoms with Crippen molar-refractivity contribution in [1.29, 1.82) is 0 Å². The van der Waals surface area contributed by atoms with Crippen molar-refractivity contribution in [2.75, 3.05) is 31.7 Å². The lowest BCUT2D eigenvalue weighted by Gasteiger charge is -2.27. The molecule has 1 atom stereocenters. The van der Waals surface area contributed by atoms with Crippen LogP contribution in [0.4, 0.5) is 11.4 Å². The average Bonchev–Trinajstić information content (AvgIpc) is 2.29. The molecule has 5 nitrogen and oxygen atoms in total. The van der Waals surface area contributed by atoms with E-state index in [1.165, 1.54) is 0 Å². The van der Waals surface area contributed by atoms with Gasteiger partial charge in [-0.15, -0.1) is 0 Å². The minimum absolute atomic E-state index is 0.250. The number of benzene rings is 1. The Labute approximate surface area is 115 Å². The van der Waals surface area contributed by atoms with Crippen molar-refractivity contribution < 1.29 is 4.79 Å². The predicted octanol–water partition coefficient (Wildman–Crippen LogP) is 1.37. The SMILES string of the molecule is CC(C)C(CN(C)C)Nc1cc(C(N)=O)ccc1N. The van der Waals surface area contributed by atoms with Gasteiger partial charge >= 0.3 is 0 Å². The fraction of sp³-hybridized carbons (Fsp3) is 0.500. The fourth-order valence-electron chi connectivity index (χ4n) is 1.85. The summed E-state index contributed by atoms with van der Waals surface area (Å²) in [4.78, 5) is 13.3. The number of nitrogens with two attached hydrogens (primary N) is 2. The van der Waals surface area contributed by atoms with Crippen LogP contribution in [0.25, 0.3) is 0 Å². The summed E-state index contributed by atoms with van der Waals surface area (Å²) in [6, 6.07) is 5.30. The molecule has 0 fully saturated rings. The maximum atomic E-state index is 11.2. The molecule has 0 aromatic heterocycles. The summed E-state index contributed by atoms with van der Waals surface area (Å²) in [5.41, 5.74) is 13.1. The molecular formula is C14H24N4O. The third-order valence-corrected chi connectivity index (χ3v) is 3.05. The number of primary amides is 1. The van der Waals surface area contributed by atoms with Gasteiger partial charge < -0.3 is 21.7 Å². The monoisotopic (exact) mass is 264 g/mol. The molecule has 1 unspecified atom stereocenters. The summed E-state index contributed by atoms with van der Waals surface area (Å²) >= 11 is 0. The highest BCUT2D eigenvalue weighted by Gasteiger charge is 2.16. The van der Waals surface area contributed by atoms with Crippen LogP contribution in [0.1, 0.15) is 24.2 Å². The largest absolute Gasteiger partial charge is 0.397 e. The Balaban J connectivity index is 2.95. The quantitative estimate of drug-likeness (QED) is 0.677. The Morgan fingerprint density at radius 1 is 1.37 bits per heavy atom. The molecule has 1 aromatic carbocycles.